The summed E-state index contributed by atoms with van der Waals surface area (Å²) >= 11 is 1.26. The van der Waals surface area contributed by atoms with Gasteiger partial charge in [-0.2, -0.15) is 0 Å². The molecule has 0 spiro atoms. The summed E-state index contributed by atoms with van der Waals surface area (Å²) in [7, 11) is 0. The quantitative estimate of drug-likeness (QED) is 0.717. The lowest BCUT2D eigenvalue weighted by molar-refractivity contribution is 0.0858. The molecule has 1 aromatic carbocycles. The lowest BCUT2D eigenvalue weighted by atomic mass is 10.2. The molecule has 1 aromatic heterocycles. The minimum absolute atomic E-state index is 0.112. The van der Waals surface area contributed by atoms with Gasteiger partial charge in [0.25, 0.3) is 5.91 Å². The molecular weight excluding hydrogens is 354 g/mol. The zero-order chi connectivity index (χ0) is 18.4. The summed E-state index contributed by atoms with van der Waals surface area (Å²) in [6.07, 6.45) is 2.14. The fraction of sp³-hybridized carbons (Fsp3) is 0.412. The highest BCUT2D eigenvalue weighted by molar-refractivity contribution is 7.05. The zero-order valence-corrected chi connectivity index (χ0v) is 15.3. The number of anilines is 1. The second-order valence-corrected chi connectivity index (χ2v) is 6.85. The van der Waals surface area contributed by atoms with Crippen molar-refractivity contribution in [3.63, 3.8) is 0 Å². The molecule has 3 rings (SSSR count). The van der Waals surface area contributed by atoms with Crippen molar-refractivity contribution in [2.45, 2.75) is 32.4 Å². The van der Waals surface area contributed by atoms with E-state index >= 15 is 0 Å². The summed E-state index contributed by atoms with van der Waals surface area (Å²) in [5.41, 5.74) is 1.96. The number of nitrogens with zero attached hydrogens (tertiary/aromatic N) is 2. The van der Waals surface area contributed by atoms with Crippen LogP contribution in [0.15, 0.2) is 24.3 Å². The van der Waals surface area contributed by atoms with E-state index in [-0.39, 0.29) is 18.0 Å². The van der Waals surface area contributed by atoms with Crippen LogP contribution in [0.25, 0.3) is 0 Å². The highest BCUT2D eigenvalue weighted by Gasteiger charge is 2.16. The average Bonchev–Trinajstić information content (AvgIpc) is 3.30. The molecule has 3 amide bonds. The van der Waals surface area contributed by atoms with Crippen molar-refractivity contribution in [1.82, 2.24) is 20.2 Å². The number of hydrogen-bond acceptors (Lipinski definition) is 6. The maximum absolute atomic E-state index is 12.1. The highest BCUT2D eigenvalue weighted by Crippen LogP contribution is 2.13. The summed E-state index contributed by atoms with van der Waals surface area (Å²) in [5, 5.41) is 12.2. The Morgan fingerprint density at radius 2 is 2.08 bits per heavy atom. The maximum Gasteiger partial charge on any atom is 0.319 e. The normalized spacial score (nSPS) is 16.3. The number of carbonyl (C=O) groups is 2. The molecule has 1 aliphatic heterocycles. The van der Waals surface area contributed by atoms with Crippen molar-refractivity contribution in [2.75, 3.05) is 18.5 Å². The van der Waals surface area contributed by atoms with Crippen molar-refractivity contribution in [3.8, 4) is 0 Å². The maximum atomic E-state index is 12.1. The van der Waals surface area contributed by atoms with Crippen molar-refractivity contribution in [3.05, 3.63) is 40.4 Å². The first-order chi connectivity index (χ1) is 12.6. The molecule has 9 heteroatoms. The van der Waals surface area contributed by atoms with E-state index < -0.39 is 0 Å². The van der Waals surface area contributed by atoms with Crippen LogP contribution in [0, 0.1) is 6.92 Å². The fourth-order valence-corrected chi connectivity index (χ4v) is 3.14. The number of aryl methyl sites for hydroxylation is 1. The van der Waals surface area contributed by atoms with Crippen LogP contribution < -0.4 is 16.0 Å². The van der Waals surface area contributed by atoms with Gasteiger partial charge in [0.1, 0.15) is 0 Å². The minimum atomic E-state index is -0.326. The number of nitrogens with one attached hydrogen (secondary N) is 3. The van der Waals surface area contributed by atoms with E-state index in [0.717, 1.165) is 30.0 Å². The Balaban J connectivity index is 1.45. The van der Waals surface area contributed by atoms with Gasteiger partial charge in [0, 0.05) is 24.4 Å². The second kappa shape index (κ2) is 8.72. The molecule has 2 heterocycles. The number of urea groups is 1. The molecule has 0 bridgehead atoms. The molecule has 0 aliphatic carbocycles. The average molecular weight is 375 g/mol. The van der Waals surface area contributed by atoms with Gasteiger partial charge in [0.2, 0.25) is 0 Å². The van der Waals surface area contributed by atoms with Crippen LogP contribution >= 0.6 is 11.5 Å². The van der Waals surface area contributed by atoms with Crippen molar-refractivity contribution in [1.29, 1.82) is 0 Å². The summed E-state index contributed by atoms with van der Waals surface area (Å²) in [5.74, 6) is -0.148. The Morgan fingerprint density at radius 3 is 2.73 bits per heavy atom. The molecule has 0 radical (unpaired) electrons. The van der Waals surface area contributed by atoms with Crippen LogP contribution in [-0.4, -0.2) is 40.8 Å². The Kier molecular flexibility index (Phi) is 6.13. The van der Waals surface area contributed by atoms with E-state index in [2.05, 4.69) is 25.5 Å². The molecule has 1 saturated heterocycles. The van der Waals surface area contributed by atoms with Gasteiger partial charge in [-0.1, -0.05) is 4.49 Å². The van der Waals surface area contributed by atoms with Crippen LogP contribution in [-0.2, 0) is 11.3 Å². The number of hydrogen-bond donors (Lipinski definition) is 3. The van der Waals surface area contributed by atoms with Crippen molar-refractivity contribution >= 4 is 29.2 Å². The van der Waals surface area contributed by atoms with E-state index in [1.54, 1.807) is 24.3 Å². The Labute approximate surface area is 155 Å². The van der Waals surface area contributed by atoms with Gasteiger partial charge < -0.3 is 20.7 Å². The van der Waals surface area contributed by atoms with Crippen LogP contribution in [0.3, 0.4) is 0 Å². The van der Waals surface area contributed by atoms with Crippen molar-refractivity contribution in [2.24, 2.45) is 0 Å². The van der Waals surface area contributed by atoms with Crippen LogP contribution in [0.5, 0.6) is 0 Å². The van der Waals surface area contributed by atoms with E-state index in [4.69, 9.17) is 4.74 Å². The van der Waals surface area contributed by atoms with Gasteiger partial charge in [-0.05, 0) is 55.6 Å². The van der Waals surface area contributed by atoms with Gasteiger partial charge in [0.15, 0.2) is 0 Å². The predicted octanol–water partition coefficient (Wildman–Crippen LogP) is 2.08. The lowest BCUT2D eigenvalue weighted by Crippen LogP contribution is -2.31. The van der Waals surface area contributed by atoms with Gasteiger partial charge in [-0.15, -0.1) is 5.10 Å². The molecule has 1 aliphatic rings. The lowest BCUT2D eigenvalue weighted by Gasteiger charge is -2.11. The largest absolute Gasteiger partial charge is 0.376 e. The molecule has 3 N–H and O–H groups in total. The third-order valence-electron chi connectivity index (χ3n) is 4.07. The number of carbonyl (C=O) groups excluding carboxylic acids is 2. The fourth-order valence-electron chi connectivity index (χ4n) is 2.57. The molecule has 138 valence electrons. The molecule has 0 unspecified atom stereocenters. The molecule has 8 nitrogen and oxygen atoms in total. The van der Waals surface area contributed by atoms with Gasteiger partial charge in [0.05, 0.1) is 23.2 Å². The third-order valence-corrected chi connectivity index (χ3v) is 4.90. The molecule has 2 aromatic rings. The number of rotatable bonds is 6. The third kappa shape index (κ3) is 4.99. The summed E-state index contributed by atoms with van der Waals surface area (Å²) in [4.78, 5) is 25.0. The first-order valence-corrected chi connectivity index (χ1v) is 9.21. The monoisotopic (exact) mass is 375 g/mol. The summed E-state index contributed by atoms with van der Waals surface area (Å²) in [6.45, 7) is 3.51. The Morgan fingerprint density at radius 1 is 1.27 bits per heavy atom. The van der Waals surface area contributed by atoms with E-state index in [1.165, 1.54) is 11.5 Å². The number of aromatic nitrogens is 2. The Hall–Kier alpha value is -2.52. The van der Waals surface area contributed by atoms with Crippen LogP contribution in [0.4, 0.5) is 10.5 Å². The molecule has 0 saturated carbocycles. The molecule has 1 fully saturated rings. The van der Waals surface area contributed by atoms with Gasteiger partial charge >= 0.3 is 6.03 Å². The first-order valence-electron chi connectivity index (χ1n) is 8.44. The Bertz CT molecular complexity index is 756. The molecular formula is C17H21N5O3S. The van der Waals surface area contributed by atoms with Crippen LogP contribution in [0.1, 0.15) is 33.8 Å². The highest BCUT2D eigenvalue weighted by atomic mass is 32.1. The van der Waals surface area contributed by atoms with Gasteiger partial charge in [-0.3, -0.25) is 4.79 Å². The first kappa shape index (κ1) is 18.3. The molecule has 26 heavy (non-hydrogen) atoms. The second-order valence-electron chi connectivity index (χ2n) is 6.01. The summed E-state index contributed by atoms with van der Waals surface area (Å²) in [6, 6.07) is 6.42. The van der Waals surface area contributed by atoms with E-state index in [0.29, 0.717) is 24.3 Å². The zero-order valence-electron chi connectivity index (χ0n) is 14.4. The van der Waals surface area contributed by atoms with E-state index in [9.17, 15) is 9.59 Å². The number of ether oxygens (including phenoxy) is 1. The number of benzene rings is 1. The van der Waals surface area contributed by atoms with Gasteiger partial charge in [-0.25, -0.2) is 4.79 Å². The van der Waals surface area contributed by atoms with Crippen LogP contribution in [0.2, 0.25) is 0 Å². The topological polar surface area (TPSA) is 105 Å². The standard InChI is InChI=1S/C17H21N5O3S/c1-11-15(26-22-21-11)10-19-17(24)20-13-6-4-12(5-7-13)16(23)18-9-14-3-2-8-25-14/h4-7,14H,2-3,8-10H2,1H3,(H,18,23)(H2,19,20,24)/t14-/m0/s1. The van der Waals surface area contributed by atoms with E-state index in [1.807, 2.05) is 6.92 Å². The minimum Gasteiger partial charge on any atom is -0.376 e. The molecule has 1 atom stereocenters. The summed E-state index contributed by atoms with van der Waals surface area (Å²) < 4.78 is 9.31. The smallest absolute Gasteiger partial charge is 0.319 e. The van der Waals surface area contributed by atoms with Crippen molar-refractivity contribution < 1.29 is 14.3 Å². The number of amides is 3. The predicted molar refractivity (Wildman–Crippen MR) is 98.3 cm³/mol. The SMILES string of the molecule is Cc1nnsc1CNC(=O)Nc1ccc(C(=O)NC[C@@H]2CCCO2)cc1.